The van der Waals surface area contributed by atoms with E-state index in [1.165, 1.54) is 18.5 Å². The van der Waals surface area contributed by atoms with Gasteiger partial charge in [-0.05, 0) is 25.0 Å². The van der Waals surface area contributed by atoms with Crippen LogP contribution in [-0.4, -0.2) is 18.2 Å². The molecular formula is C11H12N2O. The molecule has 0 saturated carbocycles. The summed E-state index contributed by atoms with van der Waals surface area (Å²) >= 11 is 0. The molecule has 0 aliphatic carbocycles. The molecule has 1 aliphatic heterocycles. The number of aromatic nitrogens is 1. The van der Waals surface area contributed by atoms with Gasteiger partial charge in [-0.25, -0.2) is 0 Å². The fourth-order valence-corrected chi connectivity index (χ4v) is 2.09. The van der Waals surface area contributed by atoms with Crippen molar-refractivity contribution >= 4 is 16.7 Å². The fraction of sp³-hybridized carbons (Fsp3) is 0.364. The number of rotatable bonds is 1. The molecule has 14 heavy (non-hydrogen) atoms. The molecule has 1 fully saturated rings. The molecule has 0 bridgehead atoms. The average molecular weight is 188 g/mol. The topological polar surface area (TPSA) is 29.3 Å². The third-order valence-electron chi connectivity index (χ3n) is 2.81. The van der Waals surface area contributed by atoms with Gasteiger partial charge >= 0.3 is 0 Å². The van der Waals surface area contributed by atoms with E-state index >= 15 is 0 Å². The van der Waals surface area contributed by atoms with Crippen LogP contribution in [0.5, 0.6) is 0 Å². The molecule has 1 aliphatic rings. The van der Waals surface area contributed by atoms with Gasteiger partial charge in [0.05, 0.1) is 11.9 Å². The van der Waals surface area contributed by atoms with E-state index in [2.05, 4.69) is 22.2 Å². The minimum absolute atomic E-state index is 0.925. The Bertz CT molecular complexity index is 443. The second-order valence-corrected chi connectivity index (χ2v) is 3.72. The Labute approximate surface area is 82.3 Å². The van der Waals surface area contributed by atoms with Crippen molar-refractivity contribution in [3.63, 3.8) is 0 Å². The molecule has 2 aromatic rings. The van der Waals surface area contributed by atoms with Crippen molar-refractivity contribution < 1.29 is 4.52 Å². The second-order valence-electron chi connectivity index (χ2n) is 3.72. The summed E-state index contributed by atoms with van der Waals surface area (Å²) in [6.45, 7) is 2.28. The second kappa shape index (κ2) is 3.01. The van der Waals surface area contributed by atoms with Gasteiger partial charge in [-0.1, -0.05) is 11.2 Å². The predicted molar refractivity (Wildman–Crippen MR) is 55.5 cm³/mol. The van der Waals surface area contributed by atoms with Crippen molar-refractivity contribution in [2.75, 3.05) is 18.0 Å². The van der Waals surface area contributed by atoms with Gasteiger partial charge in [0, 0.05) is 18.5 Å². The third kappa shape index (κ3) is 1.09. The Morgan fingerprint density at radius 2 is 2.07 bits per heavy atom. The zero-order valence-electron chi connectivity index (χ0n) is 7.94. The number of para-hydroxylation sites is 1. The average Bonchev–Trinajstić information content (AvgIpc) is 2.88. The Morgan fingerprint density at radius 3 is 2.93 bits per heavy atom. The maximum atomic E-state index is 5.27. The summed E-state index contributed by atoms with van der Waals surface area (Å²) in [5, 5.41) is 4.92. The minimum atomic E-state index is 0.925. The number of benzene rings is 1. The molecular weight excluding hydrogens is 176 g/mol. The number of anilines is 1. The summed E-state index contributed by atoms with van der Waals surface area (Å²) in [6.07, 6.45) is 4.34. The van der Waals surface area contributed by atoms with Gasteiger partial charge in [-0.15, -0.1) is 0 Å². The Kier molecular flexibility index (Phi) is 1.69. The lowest BCUT2D eigenvalue weighted by Crippen LogP contribution is -2.17. The summed E-state index contributed by atoms with van der Waals surface area (Å²) < 4.78 is 5.27. The van der Waals surface area contributed by atoms with Crippen molar-refractivity contribution in [1.29, 1.82) is 0 Å². The van der Waals surface area contributed by atoms with Crippen molar-refractivity contribution in [1.82, 2.24) is 5.16 Å². The van der Waals surface area contributed by atoms with Crippen LogP contribution in [0.2, 0.25) is 0 Å². The van der Waals surface area contributed by atoms with E-state index in [0.717, 1.165) is 24.1 Å². The maximum Gasteiger partial charge on any atom is 0.190 e. The van der Waals surface area contributed by atoms with Crippen molar-refractivity contribution in [3.05, 3.63) is 24.4 Å². The lowest BCUT2D eigenvalue weighted by molar-refractivity contribution is 0.456. The molecule has 2 heterocycles. The zero-order chi connectivity index (χ0) is 9.38. The zero-order valence-corrected chi connectivity index (χ0v) is 7.94. The summed E-state index contributed by atoms with van der Waals surface area (Å²) in [5.41, 5.74) is 2.12. The third-order valence-corrected chi connectivity index (χ3v) is 2.81. The lowest BCUT2D eigenvalue weighted by Gasteiger charge is -2.16. The molecule has 3 rings (SSSR count). The number of nitrogens with zero attached hydrogens (tertiary/aromatic N) is 2. The SMILES string of the molecule is c1cc(N2CCCC2)c2oncc2c1. The summed E-state index contributed by atoms with van der Waals surface area (Å²) in [4.78, 5) is 2.37. The largest absolute Gasteiger partial charge is 0.368 e. The van der Waals surface area contributed by atoms with Crippen molar-refractivity contribution in [3.8, 4) is 0 Å². The minimum Gasteiger partial charge on any atom is -0.368 e. The van der Waals surface area contributed by atoms with E-state index in [9.17, 15) is 0 Å². The molecule has 1 aromatic heterocycles. The molecule has 1 saturated heterocycles. The van der Waals surface area contributed by atoms with Crippen LogP contribution in [-0.2, 0) is 0 Å². The molecule has 0 radical (unpaired) electrons. The lowest BCUT2D eigenvalue weighted by atomic mass is 10.2. The molecule has 3 heteroatoms. The number of fused-ring (bicyclic) bond motifs is 1. The van der Waals surface area contributed by atoms with Crippen LogP contribution < -0.4 is 4.90 Å². The predicted octanol–water partition coefficient (Wildman–Crippen LogP) is 2.43. The van der Waals surface area contributed by atoms with Crippen LogP contribution in [0.4, 0.5) is 5.69 Å². The number of hydrogen-bond donors (Lipinski definition) is 0. The molecule has 0 amide bonds. The van der Waals surface area contributed by atoms with Crippen LogP contribution in [0.25, 0.3) is 11.0 Å². The molecule has 0 N–H and O–H groups in total. The van der Waals surface area contributed by atoms with Crippen LogP contribution in [0.1, 0.15) is 12.8 Å². The first-order valence-corrected chi connectivity index (χ1v) is 5.03. The highest BCUT2D eigenvalue weighted by molar-refractivity contribution is 5.88. The van der Waals surface area contributed by atoms with E-state index in [1.54, 1.807) is 6.20 Å². The summed E-state index contributed by atoms with van der Waals surface area (Å²) in [6, 6.07) is 6.21. The molecule has 1 aromatic carbocycles. The van der Waals surface area contributed by atoms with E-state index in [4.69, 9.17) is 4.52 Å². The molecule has 0 spiro atoms. The van der Waals surface area contributed by atoms with E-state index in [-0.39, 0.29) is 0 Å². The normalized spacial score (nSPS) is 16.7. The van der Waals surface area contributed by atoms with Crippen molar-refractivity contribution in [2.24, 2.45) is 0 Å². The Hall–Kier alpha value is -1.51. The van der Waals surface area contributed by atoms with Gasteiger partial charge in [-0.2, -0.15) is 0 Å². The smallest absolute Gasteiger partial charge is 0.190 e. The molecule has 3 nitrogen and oxygen atoms in total. The fourth-order valence-electron chi connectivity index (χ4n) is 2.09. The quantitative estimate of drug-likeness (QED) is 0.688. The number of hydrogen-bond acceptors (Lipinski definition) is 3. The first-order chi connectivity index (χ1) is 6.95. The van der Waals surface area contributed by atoms with Crippen molar-refractivity contribution in [2.45, 2.75) is 12.8 Å². The van der Waals surface area contributed by atoms with Crippen LogP contribution in [0.3, 0.4) is 0 Å². The first kappa shape index (κ1) is 7.85. The summed E-state index contributed by atoms with van der Waals surface area (Å²) in [5.74, 6) is 0. The highest BCUT2D eigenvalue weighted by atomic mass is 16.5. The van der Waals surface area contributed by atoms with Gasteiger partial charge < -0.3 is 9.42 Å². The molecule has 0 unspecified atom stereocenters. The monoisotopic (exact) mass is 188 g/mol. The van der Waals surface area contributed by atoms with Crippen LogP contribution >= 0.6 is 0 Å². The van der Waals surface area contributed by atoms with E-state index < -0.39 is 0 Å². The van der Waals surface area contributed by atoms with Gasteiger partial charge in [-0.3, -0.25) is 0 Å². The standard InChI is InChI=1S/C11H12N2O/c1-2-7-13(6-1)10-5-3-4-9-8-12-14-11(9)10/h3-5,8H,1-2,6-7H2. The molecule has 0 atom stereocenters. The first-order valence-electron chi connectivity index (χ1n) is 5.03. The van der Waals surface area contributed by atoms with Crippen LogP contribution in [0, 0.1) is 0 Å². The van der Waals surface area contributed by atoms with Gasteiger partial charge in [0.1, 0.15) is 0 Å². The highest BCUT2D eigenvalue weighted by Gasteiger charge is 2.16. The van der Waals surface area contributed by atoms with Crippen LogP contribution in [0.15, 0.2) is 28.9 Å². The Balaban J connectivity index is 2.14. The maximum absolute atomic E-state index is 5.27. The van der Waals surface area contributed by atoms with Gasteiger partial charge in [0.2, 0.25) is 0 Å². The van der Waals surface area contributed by atoms with Gasteiger partial charge in [0.25, 0.3) is 0 Å². The molecule has 72 valence electrons. The highest BCUT2D eigenvalue weighted by Crippen LogP contribution is 2.28. The summed E-state index contributed by atoms with van der Waals surface area (Å²) in [7, 11) is 0. The van der Waals surface area contributed by atoms with Gasteiger partial charge in [0.15, 0.2) is 5.58 Å². The van der Waals surface area contributed by atoms with E-state index in [0.29, 0.717) is 0 Å². The van der Waals surface area contributed by atoms with E-state index in [1.807, 2.05) is 6.07 Å². The Morgan fingerprint density at radius 1 is 1.21 bits per heavy atom.